The molecule has 0 radical (unpaired) electrons. The number of rotatable bonds is 6. The summed E-state index contributed by atoms with van der Waals surface area (Å²) in [5.41, 5.74) is 2.78. The highest BCUT2D eigenvalue weighted by molar-refractivity contribution is 14.0. The van der Waals surface area contributed by atoms with Gasteiger partial charge in [0, 0.05) is 43.7 Å². The van der Waals surface area contributed by atoms with Crippen LogP contribution in [-0.2, 0) is 12.8 Å². The number of aromatic nitrogens is 1. The van der Waals surface area contributed by atoms with E-state index in [1.165, 1.54) is 21.0 Å². The van der Waals surface area contributed by atoms with Crippen molar-refractivity contribution in [3.8, 4) is 0 Å². The Balaban J connectivity index is 0.00000261. The number of aryl methyl sites for hydroxylation is 1. The molecule has 1 aliphatic heterocycles. The van der Waals surface area contributed by atoms with E-state index in [9.17, 15) is 0 Å². The molecule has 0 saturated heterocycles. The number of nitrogens with zero attached hydrogens (tertiary/aromatic N) is 3. The Hall–Kier alpha value is -1.41. The minimum atomic E-state index is 0. The number of aliphatic imine (C=N–C) groups is 1. The van der Waals surface area contributed by atoms with E-state index in [0.717, 1.165) is 51.4 Å². The maximum Gasteiger partial charge on any atom is 0.194 e. The summed E-state index contributed by atoms with van der Waals surface area (Å²) >= 11 is 1.81. The van der Waals surface area contributed by atoms with Gasteiger partial charge < -0.3 is 10.2 Å². The van der Waals surface area contributed by atoms with Gasteiger partial charge in [-0.2, -0.15) is 0 Å². The van der Waals surface area contributed by atoms with E-state index in [4.69, 9.17) is 4.99 Å². The quantitative estimate of drug-likeness (QED) is 0.361. The van der Waals surface area contributed by atoms with Crippen molar-refractivity contribution in [3.63, 3.8) is 0 Å². The number of hydrogen-bond donors (Lipinski definition) is 1. The number of guanidine groups is 1. The van der Waals surface area contributed by atoms with Crippen molar-refractivity contribution in [1.29, 1.82) is 0 Å². The Labute approximate surface area is 183 Å². The van der Waals surface area contributed by atoms with E-state index in [-0.39, 0.29) is 24.0 Å². The van der Waals surface area contributed by atoms with Crippen molar-refractivity contribution in [3.05, 3.63) is 58.1 Å². The summed E-state index contributed by atoms with van der Waals surface area (Å²) in [6, 6.07) is 10.7. The fraction of sp³-hybridized carbons (Fsp3) is 0.429. The van der Waals surface area contributed by atoms with Crippen molar-refractivity contribution >= 4 is 46.8 Å². The number of benzene rings is 1. The molecule has 1 aromatic carbocycles. The highest BCUT2D eigenvalue weighted by Gasteiger charge is 2.16. The first-order valence-electron chi connectivity index (χ1n) is 9.51. The van der Waals surface area contributed by atoms with E-state index >= 15 is 0 Å². The molecule has 0 amide bonds. The van der Waals surface area contributed by atoms with E-state index in [1.54, 1.807) is 0 Å². The van der Waals surface area contributed by atoms with Crippen molar-refractivity contribution < 1.29 is 0 Å². The van der Waals surface area contributed by atoms with Crippen LogP contribution in [0.3, 0.4) is 0 Å². The zero-order chi connectivity index (χ0) is 18.2. The van der Waals surface area contributed by atoms with E-state index < -0.39 is 0 Å². The molecule has 0 saturated carbocycles. The molecule has 1 N–H and O–H groups in total. The van der Waals surface area contributed by atoms with Gasteiger partial charge in [-0.25, -0.2) is 4.98 Å². The van der Waals surface area contributed by atoms with Crippen LogP contribution < -0.4 is 5.32 Å². The predicted octanol–water partition coefficient (Wildman–Crippen LogP) is 4.62. The van der Waals surface area contributed by atoms with Crippen LogP contribution in [0.25, 0.3) is 5.57 Å². The van der Waals surface area contributed by atoms with Crippen molar-refractivity contribution in [2.45, 2.75) is 33.1 Å². The Morgan fingerprint density at radius 3 is 2.70 bits per heavy atom. The second-order valence-corrected chi connectivity index (χ2v) is 7.55. The van der Waals surface area contributed by atoms with Gasteiger partial charge >= 0.3 is 0 Å². The molecule has 1 aromatic heterocycles. The highest BCUT2D eigenvalue weighted by atomic mass is 127. The standard InChI is InChI=1S/C21H28N4S.HI/c1-3-19-16-24-20(26-19)10-13-23-21(22-4-2)25-14-11-18(12-15-25)17-8-6-5-7-9-17;/h5-9,11,16H,3-4,10,12-15H2,1-2H3,(H,22,23);1H. The summed E-state index contributed by atoms with van der Waals surface area (Å²) in [7, 11) is 0. The summed E-state index contributed by atoms with van der Waals surface area (Å²) in [6.45, 7) is 7.88. The molecule has 27 heavy (non-hydrogen) atoms. The van der Waals surface area contributed by atoms with Crippen LogP contribution in [0.4, 0.5) is 0 Å². The molecule has 1 aliphatic rings. The lowest BCUT2D eigenvalue weighted by molar-refractivity contribution is 0.440. The molecular weight excluding hydrogens is 467 g/mol. The van der Waals surface area contributed by atoms with E-state index in [0.29, 0.717) is 0 Å². The van der Waals surface area contributed by atoms with Gasteiger partial charge in [0.1, 0.15) is 0 Å². The van der Waals surface area contributed by atoms with Gasteiger partial charge in [0.05, 0.1) is 5.01 Å². The molecule has 0 aliphatic carbocycles. The van der Waals surface area contributed by atoms with Gasteiger partial charge in [-0.05, 0) is 30.9 Å². The average Bonchev–Trinajstić information content (AvgIpc) is 3.16. The molecule has 6 heteroatoms. The Kier molecular flexibility index (Phi) is 9.27. The Morgan fingerprint density at radius 1 is 1.26 bits per heavy atom. The molecule has 0 spiro atoms. The Bertz CT molecular complexity index is 755. The first-order chi connectivity index (χ1) is 12.8. The first kappa shape index (κ1) is 21.9. The zero-order valence-electron chi connectivity index (χ0n) is 16.1. The molecule has 0 fully saturated rings. The first-order valence-corrected chi connectivity index (χ1v) is 10.3. The van der Waals surface area contributed by atoms with Crippen LogP contribution in [0.5, 0.6) is 0 Å². The zero-order valence-corrected chi connectivity index (χ0v) is 19.3. The second-order valence-electron chi connectivity index (χ2n) is 6.35. The molecule has 2 aromatic rings. The van der Waals surface area contributed by atoms with Crippen LogP contribution in [0.2, 0.25) is 0 Å². The largest absolute Gasteiger partial charge is 0.357 e. The lowest BCUT2D eigenvalue weighted by atomic mass is 10.00. The maximum atomic E-state index is 4.83. The predicted molar refractivity (Wildman–Crippen MR) is 127 cm³/mol. The number of hydrogen-bond acceptors (Lipinski definition) is 3. The third-order valence-electron chi connectivity index (χ3n) is 4.53. The normalized spacial score (nSPS) is 14.5. The minimum absolute atomic E-state index is 0. The van der Waals surface area contributed by atoms with Crippen LogP contribution in [0.15, 0.2) is 47.6 Å². The van der Waals surface area contributed by atoms with Crippen molar-refractivity contribution in [1.82, 2.24) is 15.2 Å². The minimum Gasteiger partial charge on any atom is -0.357 e. The van der Waals surface area contributed by atoms with Gasteiger partial charge in [-0.3, -0.25) is 4.99 Å². The highest BCUT2D eigenvalue weighted by Crippen LogP contribution is 2.22. The van der Waals surface area contributed by atoms with E-state index in [1.807, 2.05) is 17.5 Å². The Morgan fingerprint density at radius 2 is 2.07 bits per heavy atom. The third kappa shape index (κ3) is 6.31. The summed E-state index contributed by atoms with van der Waals surface area (Å²) in [5.74, 6) is 1.02. The lowest BCUT2D eigenvalue weighted by Gasteiger charge is -2.29. The van der Waals surface area contributed by atoms with Crippen LogP contribution >= 0.6 is 35.3 Å². The van der Waals surface area contributed by atoms with Crippen molar-refractivity contribution in [2.75, 3.05) is 26.2 Å². The molecule has 0 atom stereocenters. The number of nitrogens with one attached hydrogen (secondary N) is 1. The van der Waals surface area contributed by atoms with Crippen LogP contribution in [0.1, 0.15) is 35.7 Å². The number of thiazole rings is 1. The third-order valence-corrected chi connectivity index (χ3v) is 5.73. The van der Waals surface area contributed by atoms with Crippen LogP contribution in [0, 0.1) is 0 Å². The fourth-order valence-electron chi connectivity index (χ4n) is 3.09. The monoisotopic (exact) mass is 496 g/mol. The van der Waals surface area contributed by atoms with Crippen LogP contribution in [-0.4, -0.2) is 42.0 Å². The molecule has 146 valence electrons. The smallest absolute Gasteiger partial charge is 0.194 e. The van der Waals surface area contributed by atoms with E-state index in [2.05, 4.69) is 65.5 Å². The summed E-state index contributed by atoms with van der Waals surface area (Å²) in [4.78, 5) is 13.0. The SMILES string of the molecule is CCNC(=NCCc1ncc(CC)s1)N1CC=C(c2ccccc2)CC1.I. The topological polar surface area (TPSA) is 40.5 Å². The molecule has 3 rings (SSSR count). The van der Waals surface area contributed by atoms with Gasteiger partial charge in [-0.1, -0.05) is 43.3 Å². The second kappa shape index (κ2) is 11.4. The average molecular weight is 496 g/mol. The molecule has 0 bridgehead atoms. The van der Waals surface area contributed by atoms with Gasteiger partial charge in [0.25, 0.3) is 0 Å². The lowest BCUT2D eigenvalue weighted by Crippen LogP contribution is -2.43. The fourth-order valence-corrected chi connectivity index (χ4v) is 3.94. The maximum absolute atomic E-state index is 4.83. The molecule has 2 heterocycles. The number of halogens is 1. The molecule has 0 unspecified atom stereocenters. The summed E-state index contributed by atoms with van der Waals surface area (Å²) < 4.78 is 0. The summed E-state index contributed by atoms with van der Waals surface area (Å²) in [5, 5.41) is 4.63. The van der Waals surface area contributed by atoms with Gasteiger partial charge in [-0.15, -0.1) is 35.3 Å². The molecule has 4 nitrogen and oxygen atoms in total. The van der Waals surface area contributed by atoms with Gasteiger partial charge in [0.2, 0.25) is 0 Å². The summed E-state index contributed by atoms with van der Waals surface area (Å²) in [6.07, 6.45) is 7.36. The van der Waals surface area contributed by atoms with Crippen molar-refractivity contribution in [2.24, 2.45) is 4.99 Å². The molecular formula is C21H29IN4S. The van der Waals surface area contributed by atoms with Gasteiger partial charge in [0.15, 0.2) is 5.96 Å².